The van der Waals surface area contributed by atoms with Crippen LogP contribution >= 0.6 is 0 Å². The van der Waals surface area contributed by atoms with Gasteiger partial charge in [0.2, 0.25) is 5.76 Å². The maximum absolute atomic E-state index is 12.3. The van der Waals surface area contributed by atoms with Crippen LogP contribution in [0.4, 0.5) is 0 Å². The maximum atomic E-state index is 12.3. The molecule has 0 radical (unpaired) electrons. The highest BCUT2D eigenvalue weighted by molar-refractivity contribution is 6.05. The van der Waals surface area contributed by atoms with E-state index in [0.29, 0.717) is 11.0 Å². The lowest BCUT2D eigenvalue weighted by Gasteiger charge is -2.05. The Balaban J connectivity index is 2.32. The highest BCUT2D eigenvalue weighted by Crippen LogP contribution is 2.23. The van der Waals surface area contributed by atoms with E-state index in [-0.39, 0.29) is 17.8 Å². The zero-order valence-electron chi connectivity index (χ0n) is 10.9. The van der Waals surface area contributed by atoms with Gasteiger partial charge in [0.1, 0.15) is 5.58 Å². The Morgan fingerprint density at radius 2 is 2.00 bits per heavy atom. The second kappa shape index (κ2) is 4.81. The van der Waals surface area contributed by atoms with E-state index in [1.807, 2.05) is 30.3 Å². The lowest BCUT2D eigenvalue weighted by molar-refractivity contribution is 0.0490. The van der Waals surface area contributed by atoms with Gasteiger partial charge in [-0.2, -0.15) is 0 Å². The summed E-state index contributed by atoms with van der Waals surface area (Å²) < 4.78 is 10.3. The predicted molar refractivity (Wildman–Crippen MR) is 75.9 cm³/mol. The standard InChI is InChI=1S/C16H12O4/c1-2-19-16(18)14-9-12(17)15-11-6-4-3-5-10(11)7-8-13(15)20-14/h3-9H,2H2,1H3. The van der Waals surface area contributed by atoms with Crippen LogP contribution < -0.4 is 5.43 Å². The highest BCUT2D eigenvalue weighted by atomic mass is 16.5. The molecule has 0 aliphatic rings. The van der Waals surface area contributed by atoms with E-state index in [1.54, 1.807) is 13.0 Å². The second-order valence-corrected chi connectivity index (χ2v) is 4.36. The minimum Gasteiger partial charge on any atom is -0.460 e. The molecule has 2 aromatic carbocycles. The molecule has 4 nitrogen and oxygen atoms in total. The summed E-state index contributed by atoms with van der Waals surface area (Å²) in [6.45, 7) is 1.93. The molecule has 4 heteroatoms. The Hall–Kier alpha value is -2.62. The number of ether oxygens (including phenoxy) is 1. The molecule has 0 saturated heterocycles. The fourth-order valence-corrected chi connectivity index (χ4v) is 2.23. The normalized spacial score (nSPS) is 10.8. The van der Waals surface area contributed by atoms with Crippen LogP contribution in [-0.2, 0) is 4.74 Å². The first-order valence-corrected chi connectivity index (χ1v) is 6.33. The van der Waals surface area contributed by atoms with E-state index in [0.717, 1.165) is 10.8 Å². The van der Waals surface area contributed by atoms with E-state index in [1.165, 1.54) is 6.07 Å². The SMILES string of the molecule is CCOC(=O)c1cc(=O)c2c(ccc3ccccc32)o1. The van der Waals surface area contributed by atoms with Gasteiger partial charge in [0.25, 0.3) is 0 Å². The van der Waals surface area contributed by atoms with Crippen molar-refractivity contribution < 1.29 is 13.9 Å². The molecule has 0 amide bonds. The Morgan fingerprint density at radius 3 is 2.80 bits per heavy atom. The molecule has 0 atom stereocenters. The quantitative estimate of drug-likeness (QED) is 0.529. The van der Waals surface area contributed by atoms with Crippen LogP contribution in [-0.4, -0.2) is 12.6 Å². The summed E-state index contributed by atoms with van der Waals surface area (Å²) in [7, 11) is 0. The Kier molecular flexibility index (Phi) is 2.99. The fraction of sp³-hybridized carbons (Fsp3) is 0.125. The highest BCUT2D eigenvalue weighted by Gasteiger charge is 2.14. The average molecular weight is 268 g/mol. The van der Waals surface area contributed by atoms with Crippen LogP contribution in [0.15, 0.2) is 51.7 Å². The van der Waals surface area contributed by atoms with Crippen LogP contribution in [0.5, 0.6) is 0 Å². The molecule has 0 N–H and O–H groups in total. The van der Waals surface area contributed by atoms with Gasteiger partial charge in [0, 0.05) is 6.07 Å². The molecule has 0 unspecified atom stereocenters. The number of hydrogen-bond acceptors (Lipinski definition) is 4. The van der Waals surface area contributed by atoms with Gasteiger partial charge in [-0.15, -0.1) is 0 Å². The van der Waals surface area contributed by atoms with Gasteiger partial charge in [0.05, 0.1) is 12.0 Å². The smallest absolute Gasteiger partial charge is 0.374 e. The molecule has 100 valence electrons. The summed E-state index contributed by atoms with van der Waals surface area (Å²) in [6.07, 6.45) is 0. The topological polar surface area (TPSA) is 56.5 Å². The average Bonchev–Trinajstić information content (AvgIpc) is 2.46. The second-order valence-electron chi connectivity index (χ2n) is 4.36. The van der Waals surface area contributed by atoms with Gasteiger partial charge >= 0.3 is 5.97 Å². The van der Waals surface area contributed by atoms with Crippen LogP contribution in [0.3, 0.4) is 0 Å². The van der Waals surface area contributed by atoms with Crippen molar-refractivity contribution in [2.75, 3.05) is 6.61 Å². The molecule has 0 aliphatic heterocycles. The van der Waals surface area contributed by atoms with Crippen molar-refractivity contribution in [1.29, 1.82) is 0 Å². The Labute approximate surface area is 114 Å². The number of esters is 1. The van der Waals surface area contributed by atoms with Crippen LogP contribution in [0.2, 0.25) is 0 Å². The van der Waals surface area contributed by atoms with Gasteiger partial charge in [0.15, 0.2) is 5.43 Å². The van der Waals surface area contributed by atoms with Crippen molar-refractivity contribution in [2.24, 2.45) is 0 Å². The number of fused-ring (bicyclic) bond motifs is 3. The first-order chi connectivity index (χ1) is 9.70. The van der Waals surface area contributed by atoms with Crippen molar-refractivity contribution in [3.8, 4) is 0 Å². The molecular weight excluding hydrogens is 256 g/mol. The third-order valence-electron chi connectivity index (χ3n) is 3.10. The third kappa shape index (κ3) is 1.95. The summed E-state index contributed by atoms with van der Waals surface area (Å²) >= 11 is 0. The van der Waals surface area contributed by atoms with E-state index in [2.05, 4.69) is 0 Å². The van der Waals surface area contributed by atoms with Gasteiger partial charge in [-0.3, -0.25) is 4.79 Å². The molecule has 0 bridgehead atoms. The first-order valence-electron chi connectivity index (χ1n) is 6.33. The summed E-state index contributed by atoms with van der Waals surface area (Å²) in [5.74, 6) is -0.695. The molecule has 0 aliphatic carbocycles. The van der Waals surface area contributed by atoms with E-state index >= 15 is 0 Å². The molecule has 0 saturated carbocycles. The largest absolute Gasteiger partial charge is 0.460 e. The Morgan fingerprint density at radius 1 is 1.20 bits per heavy atom. The molecule has 1 heterocycles. The van der Waals surface area contributed by atoms with Gasteiger partial charge in [-0.25, -0.2) is 4.79 Å². The molecular formula is C16H12O4. The summed E-state index contributed by atoms with van der Waals surface area (Å²) in [4.78, 5) is 23.9. The fourth-order valence-electron chi connectivity index (χ4n) is 2.23. The van der Waals surface area contributed by atoms with E-state index < -0.39 is 5.97 Å². The zero-order chi connectivity index (χ0) is 14.1. The predicted octanol–water partition coefficient (Wildman–Crippen LogP) is 3.12. The number of hydrogen-bond donors (Lipinski definition) is 0. The molecule has 1 aromatic heterocycles. The lowest BCUT2D eigenvalue weighted by atomic mass is 10.1. The molecule has 3 aromatic rings. The van der Waals surface area contributed by atoms with E-state index in [9.17, 15) is 9.59 Å². The minimum absolute atomic E-state index is 0.0698. The zero-order valence-corrected chi connectivity index (χ0v) is 10.9. The van der Waals surface area contributed by atoms with E-state index in [4.69, 9.17) is 9.15 Å². The lowest BCUT2D eigenvalue weighted by Crippen LogP contribution is -2.10. The number of carbonyl (C=O) groups excluding carboxylic acids is 1. The summed E-state index contributed by atoms with van der Waals surface area (Å²) in [5.41, 5.74) is 0.144. The molecule has 3 rings (SSSR count). The van der Waals surface area contributed by atoms with Crippen LogP contribution in [0.25, 0.3) is 21.7 Å². The summed E-state index contributed by atoms with van der Waals surface area (Å²) in [5, 5.41) is 2.25. The van der Waals surface area contributed by atoms with Crippen LogP contribution in [0, 0.1) is 0 Å². The van der Waals surface area contributed by atoms with Gasteiger partial charge < -0.3 is 9.15 Å². The monoisotopic (exact) mass is 268 g/mol. The van der Waals surface area contributed by atoms with Gasteiger partial charge in [-0.05, 0) is 23.8 Å². The van der Waals surface area contributed by atoms with Crippen LogP contribution in [0.1, 0.15) is 17.5 Å². The van der Waals surface area contributed by atoms with Gasteiger partial charge in [-0.1, -0.05) is 30.3 Å². The maximum Gasteiger partial charge on any atom is 0.374 e. The number of benzene rings is 2. The van der Waals surface area contributed by atoms with Crippen molar-refractivity contribution >= 4 is 27.7 Å². The van der Waals surface area contributed by atoms with Crippen molar-refractivity contribution in [3.05, 3.63) is 58.4 Å². The number of rotatable bonds is 2. The van der Waals surface area contributed by atoms with Crippen molar-refractivity contribution in [1.82, 2.24) is 0 Å². The van der Waals surface area contributed by atoms with Crippen molar-refractivity contribution in [3.63, 3.8) is 0 Å². The first kappa shape index (κ1) is 12.4. The molecule has 0 spiro atoms. The Bertz CT molecular complexity index is 861. The minimum atomic E-state index is -0.625. The third-order valence-corrected chi connectivity index (χ3v) is 3.10. The summed E-state index contributed by atoms with van der Waals surface area (Å²) in [6, 6.07) is 12.3. The number of carbonyl (C=O) groups is 1. The molecule has 0 fully saturated rings. The van der Waals surface area contributed by atoms with Crippen molar-refractivity contribution in [2.45, 2.75) is 6.92 Å². The molecule has 20 heavy (non-hydrogen) atoms.